The SMILES string of the molecule is CC(C)(C)OC(=O)N1CCC12CN(c1ccc3ncnc(Nc4cccc(Br)c4F)c3n1)C2. The minimum absolute atomic E-state index is 0.202. The van der Waals surface area contributed by atoms with Gasteiger partial charge in [-0.1, -0.05) is 6.07 Å². The highest BCUT2D eigenvalue weighted by Gasteiger charge is 2.56. The highest BCUT2D eigenvalue weighted by Crippen LogP contribution is 2.42. The van der Waals surface area contributed by atoms with Crippen LogP contribution in [-0.4, -0.2) is 56.7 Å². The minimum Gasteiger partial charge on any atom is -0.444 e. The van der Waals surface area contributed by atoms with Crippen LogP contribution in [0.4, 0.5) is 26.5 Å². The molecule has 33 heavy (non-hydrogen) atoms. The molecule has 4 heterocycles. The van der Waals surface area contributed by atoms with Crippen LogP contribution in [0.1, 0.15) is 27.2 Å². The number of nitrogens with zero attached hydrogens (tertiary/aromatic N) is 5. The molecule has 1 aromatic carbocycles. The Bertz CT molecular complexity index is 1240. The second kappa shape index (κ2) is 7.79. The Morgan fingerprint density at radius 1 is 1.21 bits per heavy atom. The number of carbonyl (C=O) groups excluding carboxylic acids is 1. The van der Waals surface area contributed by atoms with Gasteiger partial charge in [-0.2, -0.15) is 0 Å². The van der Waals surface area contributed by atoms with Crippen LogP contribution in [0.25, 0.3) is 11.0 Å². The number of nitrogens with one attached hydrogen (secondary N) is 1. The Balaban J connectivity index is 1.36. The van der Waals surface area contributed by atoms with Crippen molar-refractivity contribution in [3.63, 3.8) is 0 Å². The third kappa shape index (κ3) is 3.96. The van der Waals surface area contributed by atoms with E-state index in [-0.39, 0.29) is 11.6 Å². The Hall–Kier alpha value is -3.01. The summed E-state index contributed by atoms with van der Waals surface area (Å²) in [4.78, 5) is 29.8. The average molecular weight is 515 g/mol. The molecule has 1 amide bonds. The molecule has 3 aromatic rings. The summed E-state index contributed by atoms with van der Waals surface area (Å²) in [5, 5.41) is 3.03. The quantitative estimate of drug-likeness (QED) is 0.533. The highest BCUT2D eigenvalue weighted by molar-refractivity contribution is 9.10. The molecule has 0 aliphatic carbocycles. The molecule has 172 valence electrons. The maximum atomic E-state index is 14.5. The van der Waals surface area contributed by atoms with Gasteiger partial charge in [-0.05, 0) is 67.4 Å². The molecule has 1 spiro atoms. The fourth-order valence-corrected chi connectivity index (χ4v) is 4.59. The molecule has 5 rings (SSSR count). The number of fused-ring (bicyclic) bond motifs is 1. The van der Waals surface area contributed by atoms with E-state index in [9.17, 15) is 9.18 Å². The number of anilines is 3. The number of pyridine rings is 1. The molecule has 0 saturated carbocycles. The van der Waals surface area contributed by atoms with Gasteiger partial charge in [0.1, 0.15) is 23.3 Å². The van der Waals surface area contributed by atoms with Crippen LogP contribution in [0.2, 0.25) is 0 Å². The van der Waals surface area contributed by atoms with Crippen molar-refractivity contribution in [3.8, 4) is 0 Å². The van der Waals surface area contributed by atoms with E-state index in [2.05, 4.69) is 36.1 Å². The number of likely N-dealkylation sites (tertiary alicyclic amines) is 1. The Morgan fingerprint density at radius 3 is 2.70 bits per heavy atom. The first-order valence-corrected chi connectivity index (χ1v) is 11.5. The molecular formula is C23H24BrFN6O2. The van der Waals surface area contributed by atoms with E-state index in [4.69, 9.17) is 9.72 Å². The first kappa shape index (κ1) is 21.8. The van der Waals surface area contributed by atoms with Gasteiger partial charge in [0, 0.05) is 19.6 Å². The summed E-state index contributed by atoms with van der Waals surface area (Å²) in [6.45, 7) is 7.68. The van der Waals surface area contributed by atoms with Crippen molar-refractivity contribution in [2.24, 2.45) is 0 Å². The molecule has 10 heteroatoms. The van der Waals surface area contributed by atoms with Crippen molar-refractivity contribution in [3.05, 3.63) is 46.9 Å². The highest BCUT2D eigenvalue weighted by atomic mass is 79.9. The number of hydrogen-bond donors (Lipinski definition) is 1. The summed E-state index contributed by atoms with van der Waals surface area (Å²) in [6, 6.07) is 8.79. The number of aromatic nitrogens is 3. The summed E-state index contributed by atoms with van der Waals surface area (Å²) in [7, 11) is 0. The van der Waals surface area contributed by atoms with E-state index in [0.717, 1.165) is 12.2 Å². The van der Waals surface area contributed by atoms with Gasteiger partial charge in [0.15, 0.2) is 11.6 Å². The summed E-state index contributed by atoms with van der Waals surface area (Å²) < 4.78 is 20.4. The van der Waals surface area contributed by atoms with Crippen LogP contribution < -0.4 is 10.2 Å². The van der Waals surface area contributed by atoms with Gasteiger partial charge in [-0.3, -0.25) is 4.90 Å². The van der Waals surface area contributed by atoms with Gasteiger partial charge < -0.3 is 15.0 Å². The molecule has 2 fully saturated rings. The van der Waals surface area contributed by atoms with Gasteiger partial charge in [-0.25, -0.2) is 24.1 Å². The number of halogens is 2. The van der Waals surface area contributed by atoms with Gasteiger partial charge in [-0.15, -0.1) is 0 Å². The average Bonchev–Trinajstić information content (AvgIpc) is 2.68. The normalized spacial score (nSPS) is 17.0. The van der Waals surface area contributed by atoms with E-state index >= 15 is 0 Å². The number of rotatable bonds is 3. The second-order valence-corrected chi connectivity index (χ2v) is 10.3. The third-order valence-electron chi connectivity index (χ3n) is 5.95. The Labute approximate surface area is 199 Å². The van der Waals surface area contributed by atoms with Crippen LogP contribution in [-0.2, 0) is 4.74 Å². The van der Waals surface area contributed by atoms with E-state index in [1.54, 1.807) is 18.2 Å². The third-order valence-corrected chi connectivity index (χ3v) is 6.57. The topological polar surface area (TPSA) is 83.5 Å². The van der Waals surface area contributed by atoms with Crippen molar-refractivity contribution < 1.29 is 13.9 Å². The number of ether oxygens (including phenoxy) is 1. The van der Waals surface area contributed by atoms with Crippen LogP contribution in [0.15, 0.2) is 41.1 Å². The van der Waals surface area contributed by atoms with Gasteiger partial charge in [0.25, 0.3) is 0 Å². The maximum absolute atomic E-state index is 14.5. The smallest absolute Gasteiger partial charge is 0.410 e. The Kier molecular flexibility index (Phi) is 5.15. The molecule has 0 unspecified atom stereocenters. The zero-order valence-electron chi connectivity index (χ0n) is 18.6. The van der Waals surface area contributed by atoms with Crippen LogP contribution in [0.3, 0.4) is 0 Å². The summed E-state index contributed by atoms with van der Waals surface area (Å²) in [5.74, 6) is 0.780. The van der Waals surface area contributed by atoms with Gasteiger partial charge in [0.2, 0.25) is 0 Å². The maximum Gasteiger partial charge on any atom is 0.410 e. The fraction of sp³-hybridized carbons (Fsp3) is 0.391. The van der Waals surface area contributed by atoms with Crippen molar-refractivity contribution >= 4 is 50.4 Å². The predicted molar refractivity (Wildman–Crippen MR) is 127 cm³/mol. The lowest BCUT2D eigenvalue weighted by molar-refractivity contribution is -0.0562. The number of hydrogen-bond acceptors (Lipinski definition) is 7. The lowest BCUT2D eigenvalue weighted by Crippen LogP contribution is -2.78. The molecule has 0 radical (unpaired) electrons. The lowest BCUT2D eigenvalue weighted by Gasteiger charge is -2.62. The summed E-state index contributed by atoms with van der Waals surface area (Å²) >= 11 is 3.20. The standard InChI is InChI=1S/C23H24BrFN6O2/c1-22(2,3)33-21(32)31-10-9-23(31)11-30(12-23)17-8-7-16-19(29-17)20(27-13-26-16)28-15-6-4-5-14(24)18(15)25/h4-8,13H,9-12H2,1-3H3,(H,26,27,28). The van der Waals surface area contributed by atoms with Gasteiger partial charge >= 0.3 is 6.09 Å². The predicted octanol–water partition coefficient (Wildman–Crippen LogP) is 4.87. The molecule has 0 bridgehead atoms. The molecular weight excluding hydrogens is 491 g/mol. The zero-order chi connectivity index (χ0) is 23.4. The van der Waals surface area contributed by atoms with Crippen LogP contribution >= 0.6 is 15.9 Å². The minimum atomic E-state index is -0.519. The first-order valence-electron chi connectivity index (χ1n) is 10.7. The lowest BCUT2D eigenvalue weighted by atomic mass is 9.78. The Morgan fingerprint density at radius 2 is 2.00 bits per heavy atom. The molecule has 8 nitrogen and oxygen atoms in total. The van der Waals surface area contributed by atoms with E-state index < -0.39 is 11.4 Å². The number of amides is 1. The van der Waals surface area contributed by atoms with E-state index in [1.807, 2.05) is 37.8 Å². The molecule has 2 saturated heterocycles. The second-order valence-electron chi connectivity index (χ2n) is 9.45. The van der Waals surface area contributed by atoms with Crippen LogP contribution in [0.5, 0.6) is 0 Å². The van der Waals surface area contributed by atoms with E-state index in [1.165, 1.54) is 6.33 Å². The van der Waals surface area contributed by atoms with Gasteiger partial charge in [0.05, 0.1) is 21.2 Å². The zero-order valence-corrected chi connectivity index (χ0v) is 20.2. The van der Waals surface area contributed by atoms with Crippen molar-refractivity contribution in [2.75, 3.05) is 29.9 Å². The van der Waals surface area contributed by atoms with Crippen LogP contribution in [0, 0.1) is 5.82 Å². The first-order chi connectivity index (χ1) is 15.7. The molecule has 2 aromatic heterocycles. The molecule has 2 aliphatic heterocycles. The molecule has 1 N–H and O–H groups in total. The largest absolute Gasteiger partial charge is 0.444 e. The van der Waals surface area contributed by atoms with E-state index in [0.29, 0.717) is 46.6 Å². The summed E-state index contributed by atoms with van der Waals surface area (Å²) in [5.41, 5.74) is 0.775. The molecule has 2 aliphatic rings. The van der Waals surface area contributed by atoms with Crippen molar-refractivity contribution in [1.82, 2.24) is 19.9 Å². The van der Waals surface area contributed by atoms with Crippen molar-refractivity contribution in [1.29, 1.82) is 0 Å². The van der Waals surface area contributed by atoms with Crippen molar-refractivity contribution in [2.45, 2.75) is 38.3 Å². The number of carbonyl (C=O) groups is 1. The monoisotopic (exact) mass is 514 g/mol. The molecule has 0 atom stereocenters. The number of benzene rings is 1. The fourth-order valence-electron chi connectivity index (χ4n) is 4.22. The summed E-state index contributed by atoms with van der Waals surface area (Å²) in [6.07, 6.45) is 2.10.